The number of rotatable bonds is 9. The van der Waals surface area contributed by atoms with E-state index >= 15 is 0 Å². The van der Waals surface area contributed by atoms with E-state index in [1.807, 2.05) is 38.2 Å². The van der Waals surface area contributed by atoms with E-state index in [1.54, 1.807) is 7.11 Å². The van der Waals surface area contributed by atoms with Crippen LogP contribution in [0, 0.1) is 17.8 Å². The number of methoxy groups -OCH3 is 1. The summed E-state index contributed by atoms with van der Waals surface area (Å²) in [5.74, 6) is 5.12. The predicted octanol–water partition coefficient (Wildman–Crippen LogP) is 3.68. The van der Waals surface area contributed by atoms with Crippen molar-refractivity contribution >= 4 is 29.9 Å². The van der Waals surface area contributed by atoms with E-state index in [4.69, 9.17) is 9.47 Å². The van der Waals surface area contributed by atoms with Gasteiger partial charge in [-0.2, -0.15) is 0 Å². The summed E-state index contributed by atoms with van der Waals surface area (Å²) in [6.07, 6.45) is 5.67. The summed E-state index contributed by atoms with van der Waals surface area (Å²) in [5, 5.41) is 6.89. The van der Waals surface area contributed by atoms with Gasteiger partial charge in [0, 0.05) is 13.6 Å². The zero-order valence-electron chi connectivity index (χ0n) is 16.0. The quantitative estimate of drug-likeness (QED) is 0.327. The van der Waals surface area contributed by atoms with E-state index in [2.05, 4.69) is 15.6 Å². The topological polar surface area (TPSA) is 54.9 Å². The lowest BCUT2D eigenvalue weighted by Gasteiger charge is -2.21. The second-order valence-electron chi connectivity index (χ2n) is 7.25. The number of nitrogens with one attached hydrogen (secondary N) is 2. The zero-order chi connectivity index (χ0) is 17.6. The van der Waals surface area contributed by atoms with Crippen LogP contribution in [0.3, 0.4) is 0 Å². The Hall–Kier alpha value is -1.18. The van der Waals surface area contributed by atoms with Crippen LogP contribution in [0.15, 0.2) is 29.3 Å². The van der Waals surface area contributed by atoms with Crippen LogP contribution in [-0.2, 0) is 0 Å². The van der Waals surface area contributed by atoms with Crippen LogP contribution in [0.5, 0.6) is 11.5 Å². The highest BCUT2D eigenvalue weighted by Crippen LogP contribution is 2.48. The first kappa shape index (κ1) is 21.1. The Morgan fingerprint density at radius 3 is 2.19 bits per heavy atom. The summed E-state index contributed by atoms with van der Waals surface area (Å²) in [6, 6.07) is 7.73. The maximum atomic E-state index is 5.98. The molecular formula is C20H32IN3O2. The van der Waals surface area contributed by atoms with Crippen LogP contribution in [0.2, 0.25) is 0 Å². The molecule has 6 heteroatoms. The molecule has 26 heavy (non-hydrogen) atoms. The molecule has 2 aliphatic rings. The zero-order valence-corrected chi connectivity index (χ0v) is 18.4. The molecule has 0 aromatic heterocycles. The summed E-state index contributed by atoms with van der Waals surface area (Å²) in [7, 11) is 3.48. The van der Waals surface area contributed by atoms with Crippen molar-refractivity contribution in [3.63, 3.8) is 0 Å². The van der Waals surface area contributed by atoms with E-state index < -0.39 is 0 Å². The molecule has 1 atom stereocenters. The monoisotopic (exact) mass is 473 g/mol. The SMILES string of the molecule is CN=C(NCC(C)Oc1ccccc1OC)NCC(C1CC1)C1CC1.I. The first-order valence-corrected chi connectivity index (χ1v) is 9.45. The largest absolute Gasteiger partial charge is 0.493 e. The molecule has 2 aliphatic carbocycles. The van der Waals surface area contributed by atoms with Crippen molar-refractivity contribution in [2.45, 2.75) is 38.7 Å². The van der Waals surface area contributed by atoms with Gasteiger partial charge in [-0.05, 0) is 62.5 Å². The fraction of sp³-hybridized carbons (Fsp3) is 0.650. The van der Waals surface area contributed by atoms with E-state index in [9.17, 15) is 0 Å². The number of para-hydroxylation sites is 2. The van der Waals surface area contributed by atoms with Gasteiger partial charge < -0.3 is 20.1 Å². The van der Waals surface area contributed by atoms with Gasteiger partial charge in [-0.3, -0.25) is 4.99 Å². The normalized spacial score (nSPS) is 18.1. The molecule has 0 aliphatic heterocycles. The van der Waals surface area contributed by atoms with Crippen molar-refractivity contribution in [1.82, 2.24) is 10.6 Å². The van der Waals surface area contributed by atoms with Crippen LogP contribution < -0.4 is 20.1 Å². The average Bonchev–Trinajstić information content (AvgIpc) is 3.52. The molecular weight excluding hydrogens is 441 g/mol. The molecule has 146 valence electrons. The van der Waals surface area contributed by atoms with Crippen molar-refractivity contribution in [2.75, 3.05) is 27.2 Å². The number of ether oxygens (including phenoxy) is 2. The van der Waals surface area contributed by atoms with Gasteiger partial charge in [-0.1, -0.05) is 12.1 Å². The average molecular weight is 473 g/mol. The Bertz CT molecular complexity index is 576. The van der Waals surface area contributed by atoms with Gasteiger partial charge in [0.25, 0.3) is 0 Å². The molecule has 0 spiro atoms. The number of hydrogen-bond donors (Lipinski definition) is 2. The highest BCUT2D eigenvalue weighted by atomic mass is 127. The lowest BCUT2D eigenvalue weighted by Crippen LogP contribution is -2.43. The van der Waals surface area contributed by atoms with E-state index in [0.717, 1.165) is 41.8 Å². The Labute approximate surface area is 174 Å². The Morgan fingerprint density at radius 1 is 1.08 bits per heavy atom. The minimum atomic E-state index is 0. The van der Waals surface area contributed by atoms with Gasteiger partial charge in [-0.25, -0.2) is 0 Å². The second-order valence-corrected chi connectivity index (χ2v) is 7.25. The van der Waals surface area contributed by atoms with E-state index in [0.29, 0.717) is 6.54 Å². The molecule has 1 unspecified atom stereocenters. The molecule has 1 aromatic carbocycles. The number of nitrogens with zero attached hydrogens (tertiary/aromatic N) is 1. The Balaban J connectivity index is 0.00000243. The van der Waals surface area contributed by atoms with Crippen LogP contribution in [-0.4, -0.2) is 39.3 Å². The van der Waals surface area contributed by atoms with Crippen molar-refractivity contribution in [3.8, 4) is 11.5 Å². The lowest BCUT2D eigenvalue weighted by molar-refractivity contribution is 0.213. The third-order valence-electron chi connectivity index (χ3n) is 5.14. The maximum Gasteiger partial charge on any atom is 0.191 e. The maximum absolute atomic E-state index is 5.98. The minimum absolute atomic E-state index is 0. The number of halogens is 1. The van der Waals surface area contributed by atoms with Crippen LogP contribution in [0.1, 0.15) is 32.6 Å². The molecule has 0 heterocycles. The molecule has 2 saturated carbocycles. The molecule has 0 bridgehead atoms. The summed E-state index contributed by atoms with van der Waals surface area (Å²) >= 11 is 0. The molecule has 2 fully saturated rings. The fourth-order valence-electron chi connectivity index (χ4n) is 3.42. The molecule has 0 radical (unpaired) electrons. The van der Waals surface area contributed by atoms with Gasteiger partial charge in [0.1, 0.15) is 6.10 Å². The Kier molecular flexibility index (Phi) is 8.31. The minimum Gasteiger partial charge on any atom is -0.493 e. The number of hydrogen-bond acceptors (Lipinski definition) is 3. The van der Waals surface area contributed by atoms with Crippen LogP contribution in [0.25, 0.3) is 0 Å². The van der Waals surface area contributed by atoms with E-state index in [-0.39, 0.29) is 30.1 Å². The third-order valence-corrected chi connectivity index (χ3v) is 5.14. The summed E-state index contributed by atoms with van der Waals surface area (Å²) < 4.78 is 11.3. The highest BCUT2D eigenvalue weighted by molar-refractivity contribution is 14.0. The molecule has 0 amide bonds. The van der Waals surface area contributed by atoms with Gasteiger partial charge in [0.05, 0.1) is 13.7 Å². The van der Waals surface area contributed by atoms with E-state index in [1.165, 1.54) is 25.7 Å². The second kappa shape index (κ2) is 10.2. The first-order chi connectivity index (χ1) is 12.2. The lowest BCUT2D eigenvalue weighted by atomic mass is 9.98. The smallest absolute Gasteiger partial charge is 0.191 e. The van der Waals surface area contributed by atoms with Gasteiger partial charge in [-0.15, -0.1) is 24.0 Å². The summed E-state index contributed by atoms with van der Waals surface area (Å²) in [6.45, 7) is 3.77. The third kappa shape index (κ3) is 6.21. The Morgan fingerprint density at radius 2 is 1.65 bits per heavy atom. The molecule has 3 rings (SSSR count). The van der Waals surface area contributed by atoms with Gasteiger partial charge in [0.2, 0.25) is 0 Å². The van der Waals surface area contributed by atoms with Crippen molar-refractivity contribution < 1.29 is 9.47 Å². The molecule has 2 N–H and O–H groups in total. The fourth-order valence-corrected chi connectivity index (χ4v) is 3.42. The van der Waals surface area contributed by atoms with Crippen molar-refractivity contribution in [3.05, 3.63) is 24.3 Å². The van der Waals surface area contributed by atoms with Crippen molar-refractivity contribution in [1.29, 1.82) is 0 Å². The standard InChI is InChI=1S/C20H31N3O2.HI/c1-14(25-19-7-5-4-6-18(19)24-3)12-22-20(21-2)23-13-17(15-8-9-15)16-10-11-16;/h4-7,14-17H,8-13H2,1-3H3,(H2,21,22,23);1H. The van der Waals surface area contributed by atoms with Crippen LogP contribution >= 0.6 is 24.0 Å². The summed E-state index contributed by atoms with van der Waals surface area (Å²) in [4.78, 5) is 4.35. The predicted molar refractivity (Wildman–Crippen MR) is 117 cm³/mol. The first-order valence-electron chi connectivity index (χ1n) is 9.45. The van der Waals surface area contributed by atoms with Crippen LogP contribution in [0.4, 0.5) is 0 Å². The number of benzene rings is 1. The van der Waals surface area contributed by atoms with Crippen molar-refractivity contribution in [2.24, 2.45) is 22.7 Å². The molecule has 0 saturated heterocycles. The van der Waals surface area contributed by atoms with Gasteiger partial charge in [0.15, 0.2) is 17.5 Å². The summed E-state index contributed by atoms with van der Waals surface area (Å²) in [5.41, 5.74) is 0. The number of guanidine groups is 1. The number of aliphatic imine (C=N–C) groups is 1. The highest BCUT2D eigenvalue weighted by Gasteiger charge is 2.41. The van der Waals surface area contributed by atoms with Gasteiger partial charge >= 0.3 is 0 Å². The molecule has 1 aromatic rings. The molecule has 5 nitrogen and oxygen atoms in total.